The van der Waals surface area contributed by atoms with Gasteiger partial charge in [-0.2, -0.15) is 0 Å². The number of anilines is 1. The van der Waals surface area contributed by atoms with E-state index in [4.69, 9.17) is 11.6 Å². The van der Waals surface area contributed by atoms with Gasteiger partial charge in [0.15, 0.2) is 5.13 Å². The molecule has 2 aromatic rings. The summed E-state index contributed by atoms with van der Waals surface area (Å²) in [6.45, 7) is 1.31. The van der Waals surface area contributed by atoms with Crippen molar-refractivity contribution in [1.29, 1.82) is 0 Å². The van der Waals surface area contributed by atoms with Crippen LogP contribution in [-0.2, 0) is 0 Å². The third-order valence-corrected chi connectivity index (χ3v) is 4.82. The van der Waals surface area contributed by atoms with E-state index in [0.717, 1.165) is 15.3 Å². The van der Waals surface area contributed by atoms with Crippen molar-refractivity contribution in [2.75, 3.05) is 18.0 Å². The first-order chi connectivity index (χ1) is 9.13. The van der Waals surface area contributed by atoms with E-state index in [2.05, 4.69) is 9.88 Å². The Labute approximate surface area is 119 Å². The molecule has 0 bridgehead atoms. The molecule has 1 saturated heterocycles. The van der Waals surface area contributed by atoms with Crippen LogP contribution in [0.25, 0.3) is 10.2 Å². The topological polar surface area (TPSA) is 16.1 Å². The second kappa shape index (κ2) is 5.21. The summed E-state index contributed by atoms with van der Waals surface area (Å²) in [6.07, 6.45) is -1.13. The maximum Gasteiger partial charge on any atom is 0.241 e. The number of hydrogen-bond acceptors (Lipinski definition) is 3. The molecule has 1 aromatic carbocycles. The minimum atomic E-state index is -2.20. The fourth-order valence-electron chi connectivity index (χ4n) is 2.36. The van der Waals surface area contributed by atoms with Crippen molar-refractivity contribution >= 4 is 38.3 Å². The molecule has 1 fully saturated rings. The monoisotopic (exact) mass is 302 g/mol. The Hall–Kier alpha value is -0.940. The number of piperidine rings is 1. The number of alkyl halides is 2. The van der Waals surface area contributed by atoms with Crippen LogP contribution in [0.4, 0.5) is 13.9 Å². The van der Waals surface area contributed by atoms with Crippen LogP contribution in [0.5, 0.6) is 0 Å². The van der Waals surface area contributed by atoms with Gasteiger partial charge in [0.05, 0.1) is 10.2 Å². The molecule has 0 radical (unpaired) electrons. The molecule has 0 spiro atoms. The predicted molar refractivity (Wildman–Crippen MR) is 75.6 cm³/mol. The van der Waals surface area contributed by atoms with Crippen molar-refractivity contribution < 1.29 is 8.78 Å². The molecule has 2 nitrogen and oxygen atoms in total. The van der Waals surface area contributed by atoms with E-state index in [-0.39, 0.29) is 0 Å². The molecule has 19 heavy (non-hydrogen) atoms. The standard InChI is InChI=1S/C13H13ClF2N2S/c14-9-1-2-10-11(7-9)19-13(17-10)18-5-3-8(4-6-18)12(15)16/h1-2,7-8,12H,3-6H2. The van der Waals surface area contributed by atoms with E-state index in [1.165, 1.54) is 0 Å². The molecule has 6 heteroatoms. The van der Waals surface area contributed by atoms with Gasteiger partial charge in [-0.05, 0) is 31.0 Å². The molecular formula is C13H13ClF2N2S. The van der Waals surface area contributed by atoms with E-state index < -0.39 is 12.3 Å². The molecule has 0 saturated carbocycles. The summed E-state index contributed by atoms with van der Waals surface area (Å²) in [4.78, 5) is 6.64. The molecule has 0 aliphatic carbocycles. The smallest absolute Gasteiger partial charge is 0.241 e. The Morgan fingerprint density at radius 2 is 2.05 bits per heavy atom. The van der Waals surface area contributed by atoms with Gasteiger partial charge in [0.25, 0.3) is 0 Å². The van der Waals surface area contributed by atoms with Gasteiger partial charge in [-0.15, -0.1) is 0 Å². The summed E-state index contributed by atoms with van der Waals surface area (Å²) in [5.41, 5.74) is 0.917. The summed E-state index contributed by atoms with van der Waals surface area (Å²) < 4.78 is 26.3. The molecule has 102 valence electrons. The largest absolute Gasteiger partial charge is 0.348 e. The van der Waals surface area contributed by atoms with Gasteiger partial charge in [-0.25, -0.2) is 13.8 Å². The van der Waals surface area contributed by atoms with Gasteiger partial charge in [0, 0.05) is 24.0 Å². The number of fused-ring (bicyclic) bond motifs is 1. The number of hydrogen-bond donors (Lipinski definition) is 0. The molecule has 1 aliphatic rings. The third-order valence-electron chi connectivity index (χ3n) is 3.51. The molecular weight excluding hydrogens is 290 g/mol. The number of thiazole rings is 1. The maximum absolute atomic E-state index is 12.6. The van der Waals surface area contributed by atoms with Gasteiger partial charge in [-0.1, -0.05) is 22.9 Å². The Morgan fingerprint density at radius 3 is 2.74 bits per heavy atom. The number of nitrogens with zero attached hydrogens (tertiary/aromatic N) is 2. The highest BCUT2D eigenvalue weighted by Gasteiger charge is 2.27. The van der Waals surface area contributed by atoms with Crippen LogP contribution in [-0.4, -0.2) is 24.5 Å². The number of halogens is 3. The van der Waals surface area contributed by atoms with E-state index in [1.807, 2.05) is 18.2 Å². The van der Waals surface area contributed by atoms with Crippen molar-refractivity contribution in [1.82, 2.24) is 4.98 Å². The van der Waals surface area contributed by atoms with Crippen LogP contribution in [0.1, 0.15) is 12.8 Å². The third kappa shape index (κ3) is 2.67. The highest BCUT2D eigenvalue weighted by Crippen LogP contribution is 2.33. The summed E-state index contributed by atoms with van der Waals surface area (Å²) >= 11 is 7.52. The summed E-state index contributed by atoms with van der Waals surface area (Å²) in [5, 5.41) is 1.60. The minimum absolute atomic E-state index is 0.458. The van der Waals surface area contributed by atoms with E-state index >= 15 is 0 Å². The van der Waals surface area contributed by atoms with Crippen molar-refractivity contribution in [3.8, 4) is 0 Å². The zero-order chi connectivity index (χ0) is 13.4. The Balaban J connectivity index is 1.78. The molecule has 3 rings (SSSR count). The summed E-state index contributed by atoms with van der Waals surface area (Å²) in [5.74, 6) is -0.458. The average Bonchev–Trinajstić information content (AvgIpc) is 2.81. The molecule has 0 atom stereocenters. The zero-order valence-electron chi connectivity index (χ0n) is 10.2. The van der Waals surface area contributed by atoms with E-state index in [1.54, 1.807) is 11.3 Å². The fourth-order valence-corrected chi connectivity index (χ4v) is 3.66. The van der Waals surface area contributed by atoms with E-state index in [0.29, 0.717) is 31.0 Å². The predicted octanol–water partition coefficient (Wildman–Crippen LogP) is 4.43. The summed E-state index contributed by atoms with van der Waals surface area (Å²) in [7, 11) is 0. The van der Waals surface area contributed by atoms with Crippen LogP contribution in [0, 0.1) is 5.92 Å². The highest BCUT2D eigenvalue weighted by molar-refractivity contribution is 7.22. The lowest BCUT2D eigenvalue weighted by Gasteiger charge is -2.31. The summed E-state index contributed by atoms with van der Waals surface area (Å²) in [6, 6.07) is 5.60. The zero-order valence-corrected chi connectivity index (χ0v) is 11.7. The fraction of sp³-hybridized carbons (Fsp3) is 0.462. The van der Waals surface area contributed by atoms with Gasteiger partial charge < -0.3 is 4.90 Å². The molecule has 0 unspecified atom stereocenters. The first-order valence-corrected chi connectivity index (χ1v) is 7.42. The highest BCUT2D eigenvalue weighted by atomic mass is 35.5. The lowest BCUT2D eigenvalue weighted by molar-refractivity contribution is 0.0636. The number of rotatable bonds is 2. The molecule has 1 aliphatic heterocycles. The second-order valence-corrected chi connectivity index (χ2v) is 6.21. The Bertz CT molecular complexity index is 579. The van der Waals surface area contributed by atoms with Crippen LogP contribution in [0.15, 0.2) is 18.2 Å². The van der Waals surface area contributed by atoms with Crippen LogP contribution >= 0.6 is 22.9 Å². The lowest BCUT2D eigenvalue weighted by Crippen LogP contribution is -2.35. The quantitative estimate of drug-likeness (QED) is 0.816. The molecule has 0 N–H and O–H groups in total. The lowest BCUT2D eigenvalue weighted by atomic mass is 9.98. The van der Waals surface area contributed by atoms with Gasteiger partial charge in [-0.3, -0.25) is 0 Å². The first-order valence-electron chi connectivity index (χ1n) is 6.22. The van der Waals surface area contributed by atoms with Gasteiger partial charge >= 0.3 is 0 Å². The van der Waals surface area contributed by atoms with Crippen LogP contribution < -0.4 is 4.90 Å². The first kappa shape index (κ1) is 13.1. The maximum atomic E-state index is 12.6. The number of aromatic nitrogens is 1. The van der Waals surface area contributed by atoms with Crippen molar-refractivity contribution in [3.63, 3.8) is 0 Å². The van der Waals surface area contributed by atoms with Crippen molar-refractivity contribution in [3.05, 3.63) is 23.2 Å². The number of benzene rings is 1. The van der Waals surface area contributed by atoms with Crippen molar-refractivity contribution in [2.24, 2.45) is 5.92 Å². The molecule has 2 heterocycles. The van der Waals surface area contributed by atoms with E-state index in [9.17, 15) is 8.78 Å². The van der Waals surface area contributed by atoms with Crippen LogP contribution in [0.3, 0.4) is 0 Å². The van der Waals surface area contributed by atoms with Crippen molar-refractivity contribution in [2.45, 2.75) is 19.3 Å². The Morgan fingerprint density at radius 1 is 1.32 bits per heavy atom. The van der Waals surface area contributed by atoms with Crippen LogP contribution in [0.2, 0.25) is 5.02 Å². The van der Waals surface area contributed by atoms with Gasteiger partial charge in [0.2, 0.25) is 6.43 Å². The molecule has 0 amide bonds. The normalized spacial score (nSPS) is 17.6. The van der Waals surface area contributed by atoms with Gasteiger partial charge in [0.1, 0.15) is 0 Å². The SMILES string of the molecule is FC(F)C1CCN(c2nc3ccc(Cl)cc3s2)CC1. The minimum Gasteiger partial charge on any atom is -0.348 e. The Kier molecular flexibility index (Phi) is 3.58. The average molecular weight is 303 g/mol. The molecule has 1 aromatic heterocycles. The second-order valence-electron chi connectivity index (χ2n) is 4.77.